The molecule has 0 amide bonds. The molecule has 0 aromatic heterocycles. The maximum absolute atomic E-state index is 10.3. The normalized spacial score (nSPS) is 64.4. The molecule has 0 radical (unpaired) electrons. The van der Waals surface area contributed by atoms with Crippen molar-refractivity contribution in [2.75, 3.05) is 0 Å². The van der Waals surface area contributed by atoms with Crippen molar-refractivity contribution in [2.24, 2.45) is 17.8 Å². The number of aliphatic hydroxyl groups is 2. The summed E-state index contributed by atoms with van der Waals surface area (Å²) in [6.07, 6.45) is 4.97. The first kappa shape index (κ1) is 8.25. The zero-order valence-electron chi connectivity index (χ0n) is 8.16. The number of hydrogen-bond acceptors (Lipinski definition) is 2. The van der Waals surface area contributed by atoms with E-state index in [4.69, 9.17) is 0 Å². The maximum Gasteiger partial charge on any atom is 0.0678 e. The van der Waals surface area contributed by atoms with Crippen molar-refractivity contribution in [1.29, 1.82) is 0 Å². The summed E-state index contributed by atoms with van der Waals surface area (Å²) in [7, 11) is 0. The van der Waals surface area contributed by atoms with Gasteiger partial charge in [-0.2, -0.15) is 0 Å². The molecule has 74 valence electrons. The quantitative estimate of drug-likeness (QED) is 0.593. The van der Waals surface area contributed by atoms with Crippen molar-refractivity contribution in [3.05, 3.63) is 0 Å². The van der Waals surface area contributed by atoms with Gasteiger partial charge in [0.15, 0.2) is 0 Å². The van der Waals surface area contributed by atoms with Crippen LogP contribution >= 0.6 is 0 Å². The summed E-state index contributed by atoms with van der Waals surface area (Å²) in [4.78, 5) is 0. The minimum absolute atomic E-state index is 0.365. The second-order valence-electron chi connectivity index (χ2n) is 5.79. The Hall–Kier alpha value is -0.0800. The highest BCUT2D eigenvalue weighted by Gasteiger charge is 2.59. The SMILES string of the molecule is CC1(O)[C@H]2CC3C[C@H]1CC(O)(C3)C2. The van der Waals surface area contributed by atoms with E-state index in [1.165, 1.54) is 0 Å². The van der Waals surface area contributed by atoms with E-state index in [0.717, 1.165) is 32.1 Å². The summed E-state index contributed by atoms with van der Waals surface area (Å²) >= 11 is 0. The van der Waals surface area contributed by atoms with Crippen LogP contribution in [0.4, 0.5) is 0 Å². The fraction of sp³-hybridized carbons (Fsp3) is 1.00. The van der Waals surface area contributed by atoms with Gasteiger partial charge in [0.05, 0.1) is 11.2 Å². The molecular formula is C11H18O2. The molecule has 4 saturated carbocycles. The molecule has 0 aromatic carbocycles. The Balaban J connectivity index is 1.99. The third-order valence-corrected chi connectivity index (χ3v) is 4.81. The van der Waals surface area contributed by atoms with E-state index in [0.29, 0.717) is 17.8 Å². The van der Waals surface area contributed by atoms with Crippen molar-refractivity contribution in [1.82, 2.24) is 0 Å². The van der Waals surface area contributed by atoms with Crippen molar-refractivity contribution in [3.8, 4) is 0 Å². The minimum Gasteiger partial charge on any atom is -0.390 e. The first-order valence-electron chi connectivity index (χ1n) is 5.44. The molecule has 13 heavy (non-hydrogen) atoms. The average Bonchev–Trinajstić information content (AvgIpc) is 1.97. The average molecular weight is 182 g/mol. The molecule has 2 atom stereocenters. The summed E-state index contributed by atoms with van der Waals surface area (Å²) in [6, 6.07) is 0. The van der Waals surface area contributed by atoms with Gasteiger partial charge in [-0.15, -0.1) is 0 Å². The predicted octanol–water partition coefficient (Wildman–Crippen LogP) is 1.31. The van der Waals surface area contributed by atoms with Crippen LogP contribution in [0.5, 0.6) is 0 Å². The molecular weight excluding hydrogens is 164 g/mol. The highest BCUT2D eigenvalue weighted by Crippen LogP contribution is 2.59. The molecule has 4 aliphatic carbocycles. The van der Waals surface area contributed by atoms with E-state index in [2.05, 4.69) is 0 Å². The van der Waals surface area contributed by atoms with Gasteiger partial charge in [0.1, 0.15) is 0 Å². The highest BCUT2D eigenvalue weighted by molar-refractivity contribution is 5.10. The van der Waals surface area contributed by atoms with Crippen molar-refractivity contribution < 1.29 is 10.2 Å². The maximum atomic E-state index is 10.3. The van der Waals surface area contributed by atoms with Crippen molar-refractivity contribution >= 4 is 0 Å². The lowest BCUT2D eigenvalue weighted by atomic mass is 9.49. The monoisotopic (exact) mass is 182 g/mol. The minimum atomic E-state index is -0.483. The molecule has 2 N–H and O–H groups in total. The van der Waals surface area contributed by atoms with Gasteiger partial charge in [-0.25, -0.2) is 0 Å². The fourth-order valence-electron chi connectivity index (χ4n) is 4.16. The smallest absolute Gasteiger partial charge is 0.0678 e. The van der Waals surface area contributed by atoms with Gasteiger partial charge in [-0.05, 0) is 56.8 Å². The second kappa shape index (κ2) is 2.12. The van der Waals surface area contributed by atoms with E-state index in [-0.39, 0.29) is 0 Å². The molecule has 2 nitrogen and oxygen atoms in total. The molecule has 0 saturated heterocycles. The molecule has 4 rings (SSSR count). The Labute approximate surface area is 79.0 Å². The lowest BCUT2D eigenvalue weighted by Crippen LogP contribution is -2.62. The number of hydrogen-bond donors (Lipinski definition) is 2. The summed E-state index contributed by atoms with van der Waals surface area (Å²) in [5, 5.41) is 20.5. The van der Waals surface area contributed by atoms with E-state index in [1.807, 2.05) is 6.92 Å². The van der Waals surface area contributed by atoms with Crippen LogP contribution in [-0.2, 0) is 0 Å². The molecule has 0 aromatic rings. The Kier molecular flexibility index (Phi) is 1.34. The predicted molar refractivity (Wildman–Crippen MR) is 49.1 cm³/mol. The van der Waals surface area contributed by atoms with Crippen LogP contribution in [0, 0.1) is 17.8 Å². The van der Waals surface area contributed by atoms with Gasteiger partial charge in [0.2, 0.25) is 0 Å². The Bertz CT molecular complexity index is 228. The molecule has 0 unspecified atom stereocenters. The summed E-state index contributed by atoms with van der Waals surface area (Å²) in [5.41, 5.74) is -0.887. The zero-order chi connectivity index (χ0) is 9.27. The van der Waals surface area contributed by atoms with Crippen LogP contribution in [-0.4, -0.2) is 21.4 Å². The largest absolute Gasteiger partial charge is 0.390 e. The zero-order valence-corrected chi connectivity index (χ0v) is 8.16. The lowest BCUT2D eigenvalue weighted by Gasteiger charge is -2.60. The van der Waals surface area contributed by atoms with Gasteiger partial charge in [0, 0.05) is 0 Å². The molecule has 2 heteroatoms. The van der Waals surface area contributed by atoms with Gasteiger partial charge < -0.3 is 10.2 Å². The van der Waals surface area contributed by atoms with Crippen LogP contribution < -0.4 is 0 Å². The van der Waals surface area contributed by atoms with Crippen LogP contribution in [0.25, 0.3) is 0 Å². The Morgan fingerprint density at radius 1 is 1.00 bits per heavy atom. The Morgan fingerprint density at radius 2 is 1.54 bits per heavy atom. The van der Waals surface area contributed by atoms with Crippen LogP contribution in [0.3, 0.4) is 0 Å². The Morgan fingerprint density at radius 3 is 2.00 bits per heavy atom. The van der Waals surface area contributed by atoms with Gasteiger partial charge in [-0.1, -0.05) is 0 Å². The molecule has 0 heterocycles. The first-order chi connectivity index (χ1) is 6.00. The van der Waals surface area contributed by atoms with Crippen LogP contribution in [0.1, 0.15) is 39.0 Å². The molecule has 4 bridgehead atoms. The third-order valence-electron chi connectivity index (χ3n) is 4.81. The van der Waals surface area contributed by atoms with Gasteiger partial charge in [0.25, 0.3) is 0 Å². The molecule has 4 fully saturated rings. The number of rotatable bonds is 0. The van der Waals surface area contributed by atoms with E-state index in [1.54, 1.807) is 0 Å². The van der Waals surface area contributed by atoms with Gasteiger partial charge in [-0.3, -0.25) is 0 Å². The second-order valence-corrected chi connectivity index (χ2v) is 5.79. The van der Waals surface area contributed by atoms with Crippen molar-refractivity contribution in [2.45, 2.75) is 50.2 Å². The topological polar surface area (TPSA) is 40.5 Å². The third kappa shape index (κ3) is 0.962. The van der Waals surface area contributed by atoms with Crippen LogP contribution in [0.2, 0.25) is 0 Å². The lowest BCUT2D eigenvalue weighted by molar-refractivity contribution is -0.218. The summed E-state index contributed by atoms with van der Waals surface area (Å²) < 4.78 is 0. The summed E-state index contributed by atoms with van der Waals surface area (Å²) in [6.45, 7) is 1.98. The van der Waals surface area contributed by atoms with Gasteiger partial charge >= 0.3 is 0 Å². The molecule has 0 spiro atoms. The fourth-order valence-corrected chi connectivity index (χ4v) is 4.16. The standard InChI is InChI=1S/C11H18O2/c1-10(12)8-2-7-3-9(10)6-11(13,4-7)5-8/h7-9,12-13H,2-6H2,1H3/t7?,8-,9-,10?,11?/m0/s1. The van der Waals surface area contributed by atoms with E-state index < -0.39 is 11.2 Å². The van der Waals surface area contributed by atoms with E-state index >= 15 is 0 Å². The highest BCUT2D eigenvalue weighted by atomic mass is 16.3. The molecule has 4 aliphatic rings. The molecule has 0 aliphatic heterocycles. The van der Waals surface area contributed by atoms with Crippen molar-refractivity contribution in [3.63, 3.8) is 0 Å². The first-order valence-corrected chi connectivity index (χ1v) is 5.44. The van der Waals surface area contributed by atoms with E-state index in [9.17, 15) is 10.2 Å². The van der Waals surface area contributed by atoms with Crippen LogP contribution in [0.15, 0.2) is 0 Å². The summed E-state index contributed by atoms with van der Waals surface area (Å²) in [5.74, 6) is 1.43.